The number of nitrogens with one attached hydrogen (secondary N) is 2. The molecule has 2 heterocycles. The van der Waals surface area contributed by atoms with Crippen molar-refractivity contribution in [1.29, 1.82) is 0 Å². The van der Waals surface area contributed by atoms with Crippen molar-refractivity contribution in [3.05, 3.63) is 52.8 Å². The SMILES string of the molecule is Cc1cc(C2CC2)[nH]c1/C=C1\C(=O)Nc2ccccc21. The average Bonchev–Trinajstić information content (AvgIpc) is 3.16. The van der Waals surface area contributed by atoms with Gasteiger partial charge in [0.05, 0.1) is 5.57 Å². The van der Waals surface area contributed by atoms with Gasteiger partial charge in [0.2, 0.25) is 0 Å². The quantitative estimate of drug-likeness (QED) is 0.798. The van der Waals surface area contributed by atoms with Crippen LogP contribution < -0.4 is 5.32 Å². The first-order chi connectivity index (χ1) is 9.72. The van der Waals surface area contributed by atoms with Crippen molar-refractivity contribution in [1.82, 2.24) is 4.98 Å². The van der Waals surface area contributed by atoms with E-state index in [-0.39, 0.29) is 5.91 Å². The Balaban J connectivity index is 1.78. The van der Waals surface area contributed by atoms with Crippen LogP contribution in [0.1, 0.15) is 41.3 Å². The van der Waals surface area contributed by atoms with Crippen molar-refractivity contribution in [2.24, 2.45) is 0 Å². The average molecular weight is 264 g/mol. The van der Waals surface area contributed by atoms with E-state index in [1.54, 1.807) is 0 Å². The van der Waals surface area contributed by atoms with E-state index in [2.05, 4.69) is 23.3 Å². The fourth-order valence-corrected chi connectivity index (χ4v) is 2.79. The number of aryl methyl sites for hydroxylation is 1. The first-order valence-corrected chi connectivity index (χ1v) is 7.04. The van der Waals surface area contributed by atoms with Crippen LogP contribution in [0.15, 0.2) is 30.3 Å². The predicted octanol–water partition coefficient (Wildman–Crippen LogP) is 3.69. The van der Waals surface area contributed by atoms with E-state index in [9.17, 15) is 4.79 Å². The van der Waals surface area contributed by atoms with Crippen LogP contribution in [0.2, 0.25) is 0 Å². The lowest BCUT2D eigenvalue weighted by Crippen LogP contribution is -2.03. The van der Waals surface area contributed by atoms with Crippen molar-refractivity contribution >= 4 is 23.2 Å². The molecule has 20 heavy (non-hydrogen) atoms. The highest BCUT2D eigenvalue weighted by atomic mass is 16.2. The number of hydrogen-bond acceptors (Lipinski definition) is 1. The van der Waals surface area contributed by atoms with Gasteiger partial charge in [-0.1, -0.05) is 18.2 Å². The number of para-hydroxylation sites is 1. The number of carbonyl (C=O) groups is 1. The number of fused-ring (bicyclic) bond motifs is 1. The van der Waals surface area contributed by atoms with Crippen molar-refractivity contribution in [2.45, 2.75) is 25.7 Å². The van der Waals surface area contributed by atoms with Crippen LogP contribution in [0.5, 0.6) is 0 Å². The minimum atomic E-state index is -0.0202. The smallest absolute Gasteiger partial charge is 0.256 e. The lowest BCUT2D eigenvalue weighted by atomic mass is 10.1. The maximum absolute atomic E-state index is 12.1. The lowest BCUT2D eigenvalue weighted by Gasteiger charge is -1.98. The Bertz CT molecular complexity index is 735. The molecule has 0 unspecified atom stereocenters. The van der Waals surface area contributed by atoms with E-state index in [1.165, 1.54) is 24.1 Å². The molecule has 3 heteroatoms. The van der Waals surface area contributed by atoms with Gasteiger partial charge in [-0.3, -0.25) is 4.79 Å². The molecule has 0 radical (unpaired) electrons. The number of anilines is 1. The molecular formula is C17H16N2O. The number of amides is 1. The van der Waals surface area contributed by atoms with Crippen molar-refractivity contribution in [2.75, 3.05) is 5.32 Å². The van der Waals surface area contributed by atoms with E-state index in [1.807, 2.05) is 30.3 Å². The lowest BCUT2D eigenvalue weighted by molar-refractivity contribution is -0.110. The van der Waals surface area contributed by atoms with E-state index in [4.69, 9.17) is 0 Å². The van der Waals surface area contributed by atoms with Crippen LogP contribution in [0.4, 0.5) is 5.69 Å². The molecule has 0 saturated heterocycles. The molecule has 3 nitrogen and oxygen atoms in total. The Morgan fingerprint density at radius 2 is 2.05 bits per heavy atom. The van der Waals surface area contributed by atoms with Gasteiger partial charge in [0.1, 0.15) is 0 Å². The van der Waals surface area contributed by atoms with Gasteiger partial charge in [-0.15, -0.1) is 0 Å². The second-order valence-electron chi connectivity index (χ2n) is 5.65. The summed E-state index contributed by atoms with van der Waals surface area (Å²) in [5.41, 5.74) is 6.19. The molecule has 1 aliphatic heterocycles. The second kappa shape index (κ2) is 4.10. The van der Waals surface area contributed by atoms with Gasteiger partial charge in [-0.05, 0) is 49.5 Å². The molecule has 4 rings (SSSR count). The zero-order valence-electron chi connectivity index (χ0n) is 11.4. The van der Waals surface area contributed by atoms with Crippen LogP contribution in [0, 0.1) is 6.92 Å². The van der Waals surface area contributed by atoms with Gasteiger partial charge in [0.15, 0.2) is 0 Å². The Kier molecular flexibility index (Phi) is 2.36. The van der Waals surface area contributed by atoms with Gasteiger partial charge < -0.3 is 10.3 Å². The molecule has 1 saturated carbocycles. The zero-order chi connectivity index (χ0) is 13.7. The number of aromatic nitrogens is 1. The summed E-state index contributed by atoms with van der Waals surface area (Å²) >= 11 is 0. The number of rotatable bonds is 2. The molecule has 1 aromatic carbocycles. The first kappa shape index (κ1) is 11.5. The van der Waals surface area contributed by atoms with Crippen LogP contribution in [-0.4, -0.2) is 10.9 Å². The first-order valence-electron chi connectivity index (χ1n) is 7.04. The maximum atomic E-state index is 12.1. The molecule has 0 spiro atoms. The Labute approximate surface area is 117 Å². The van der Waals surface area contributed by atoms with Gasteiger partial charge in [-0.25, -0.2) is 0 Å². The minimum Gasteiger partial charge on any atom is -0.358 e. The topological polar surface area (TPSA) is 44.9 Å². The summed E-state index contributed by atoms with van der Waals surface area (Å²) in [5.74, 6) is 0.679. The fraction of sp³-hybridized carbons (Fsp3) is 0.235. The number of hydrogen-bond donors (Lipinski definition) is 2. The number of H-pyrrole nitrogens is 1. The molecule has 2 N–H and O–H groups in total. The third-order valence-corrected chi connectivity index (χ3v) is 4.09. The molecule has 100 valence electrons. The third-order valence-electron chi connectivity index (χ3n) is 4.09. The van der Waals surface area contributed by atoms with E-state index in [0.717, 1.165) is 22.5 Å². The Morgan fingerprint density at radius 1 is 1.25 bits per heavy atom. The molecule has 2 aliphatic rings. The third kappa shape index (κ3) is 1.78. The summed E-state index contributed by atoms with van der Waals surface area (Å²) in [6.45, 7) is 2.09. The molecule has 2 aromatic rings. The summed E-state index contributed by atoms with van der Waals surface area (Å²) in [6, 6.07) is 10.0. The van der Waals surface area contributed by atoms with Crippen LogP contribution in [0.25, 0.3) is 11.6 Å². The minimum absolute atomic E-state index is 0.0202. The standard InChI is InChI=1S/C17H16N2O/c1-10-8-16(11-6-7-11)18-15(10)9-13-12-4-2-3-5-14(12)19-17(13)20/h2-5,8-9,11,18H,6-7H2,1H3,(H,19,20)/b13-9-. The zero-order valence-corrected chi connectivity index (χ0v) is 11.4. The summed E-state index contributed by atoms with van der Waals surface area (Å²) in [5, 5.41) is 2.91. The summed E-state index contributed by atoms with van der Waals surface area (Å²) in [7, 11) is 0. The highest BCUT2D eigenvalue weighted by Crippen LogP contribution is 2.40. The molecule has 1 amide bonds. The van der Waals surface area contributed by atoms with Crippen LogP contribution in [-0.2, 0) is 4.79 Å². The van der Waals surface area contributed by atoms with Crippen LogP contribution >= 0.6 is 0 Å². The predicted molar refractivity (Wildman–Crippen MR) is 80.4 cm³/mol. The molecule has 0 atom stereocenters. The second-order valence-corrected chi connectivity index (χ2v) is 5.65. The van der Waals surface area contributed by atoms with Gasteiger partial charge in [0.25, 0.3) is 5.91 Å². The Hall–Kier alpha value is -2.29. The normalized spacial score (nSPS) is 19.2. The van der Waals surface area contributed by atoms with E-state index >= 15 is 0 Å². The van der Waals surface area contributed by atoms with Crippen molar-refractivity contribution in [3.8, 4) is 0 Å². The van der Waals surface area contributed by atoms with Crippen LogP contribution in [0.3, 0.4) is 0 Å². The summed E-state index contributed by atoms with van der Waals surface area (Å²) in [6.07, 6.45) is 4.53. The number of aromatic amines is 1. The van der Waals surface area contributed by atoms with Gasteiger partial charge in [0, 0.05) is 22.6 Å². The summed E-state index contributed by atoms with van der Waals surface area (Å²) in [4.78, 5) is 15.6. The largest absolute Gasteiger partial charge is 0.358 e. The summed E-state index contributed by atoms with van der Waals surface area (Å²) < 4.78 is 0. The van der Waals surface area contributed by atoms with E-state index in [0.29, 0.717) is 5.92 Å². The number of carbonyl (C=O) groups excluding carboxylic acids is 1. The fourth-order valence-electron chi connectivity index (χ4n) is 2.79. The Morgan fingerprint density at radius 3 is 2.85 bits per heavy atom. The highest BCUT2D eigenvalue weighted by molar-refractivity contribution is 6.34. The molecule has 1 fully saturated rings. The van der Waals surface area contributed by atoms with Gasteiger partial charge in [-0.2, -0.15) is 0 Å². The van der Waals surface area contributed by atoms with Crippen molar-refractivity contribution < 1.29 is 4.79 Å². The monoisotopic (exact) mass is 264 g/mol. The maximum Gasteiger partial charge on any atom is 0.256 e. The highest BCUT2D eigenvalue weighted by Gasteiger charge is 2.27. The molecule has 1 aromatic heterocycles. The molecule has 1 aliphatic carbocycles. The molecular weight excluding hydrogens is 248 g/mol. The van der Waals surface area contributed by atoms with Gasteiger partial charge >= 0.3 is 0 Å². The van der Waals surface area contributed by atoms with E-state index < -0.39 is 0 Å². The van der Waals surface area contributed by atoms with Crippen molar-refractivity contribution in [3.63, 3.8) is 0 Å². The molecule has 0 bridgehead atoms. The number of benzene rings is 1.